The van der Waals surface area contributed by atoms with Crippen molar-refractivity contribution in [2.24, 2.45) is 5.92 Å². The highest BCUT2D eigenvalue weighted by atomic mass is 19.1. The van der Waals surface area contributed by atoms with Crippen LogP contribution in [0.4, 0.5) is 4.39 Å². The minimum Gasteiger partial charge on any atom is -0.508 e. The van der Waals surface area contributed by atoms with Crippen molar-refractivity contribution in [3.8, 4) is 5.75 Å². The summed E-state index contributed by atoms with van der Waals surface area (Å²) in [5.74, 6) is -2.60. The van der Waals surface area contributed by atoms with E-state index in [9.17, 15) is 14.3 Å². The minimum absolute atomic E-state index is 0.0161. The first-order valence-electron chi connectivity index (χ1n) is 4.18. The summed E-state index contributed by atoms with van der Waals surface area (Å²) in [6.07, 6.45) is -1.69. The summed E-state index contributed by atoms with van der Waals surface area (Å²) in [6.45, 7) is 1.26. The van der Waals surface area contributed by atoms with Crippen LogP contribution < -0.4 is 0 Å². The van der Waals surface area contributed by atoms with Crippen LogP contribution in [-0.2, 0) is 4.79 Å². The van der Waals surface area contributed by atoms with Gasteiger partial charge in [-0.3, -0.25) is 4.79 Å². The van der Waals surface area contributed by atoms with Crippen molar-refractivity contribution in [3.63, 3.8) is 0 Å². The molecular weight excluding hydrogens is 187 g/mol. The fourth-order valence-corrected chi connectivity index (χ4v) is 1.12. The maximum absolute atomic E-state index is 13.5. The third kappa shape index (κ3) is 2.02. The molecule has 0 bridgehead atoms. The summed E-state index contributed by atoms with van der Waals surface area (Å²) in [7, 11) is 0. The molecule has 0 aliphatic heterocycles. The van der Waals surface area contributed by atoms with Crippen LogP contribution in [0.15, 0.2) is 24.3 Å². The third-order valence-electron chi connectivity index (χ3n) is 2.06. The first-order valence-corrected chi connectivity index (χ1v) is 4.18. The normalized spacial score (nSPS) is 14.7. The predicted octanol–water partition coefficient (Wildman–Crippen LogP) is 2.12. The second kappa shape index (κ2) is 4.09. The number of hydrogen-bond donors (Lipinski definition) is 2. The van der Waals surface area contributed by atoms with E-state index in [1.54, 1.807) is 12.1 Å². The monoisotopic (exact) mass is 198 g/mol. The lowest BCUT2D eigenvalue weighted by molar-refractivity contribution is -0.143. The van der Waals surface area contributed by atoms with Gasteiger partial charge in [-0.2, -0.15) is 0 Å². The smallest absolute Gasteiger partial charge is 0.309 e. The molecule has 1 aromatic carbocycles. The molecule has 2 atom stereocenters. The lowest BCUT2D eigenvalue weighted by atomic mass is 9.98. The molecule has 1 aromatic rings. The van der Waals surface area contributed by atoms with Crippen molar-refractivity contribution in [3.05, 3.63) is 29.8 Å². The van der Waals surface area contributed by atoms with Crippen molar-refractivity contribution in [1.82, 2.24) is 0 Å². The zero-order valence-electron chi connectivity index (χ0n) is 7.64. The molecule has 0 fully saturated rings. The van der Waals surface area contributed by atoms with Crippen molar-refractivity contribution in [1.29, 1.82) is 0 Å². The van der Waals surface area contributed by atoms with Gasteiger partial charge in [0.15, 0.2) is 0 Å². The molecular formula is C10H11FO3. The van der Waals surface area contributed by atoms with Gasteiger partial charge in [-0.05, 0) is 13.0 Å². The Morgan fingerprint density at radius 2 is 2.00 bits per heavy atom. The number of aliphatic carboxylic acids is 1. The van der Waals surface area contributed by atoms with E-state index in [4.69, 9.17) is 5.11 Å². The summed E-state index contributed by atoms with van der Waals surface area (Å²) in [5.41, 5.74) is 0.0161. The number of halogens is 1. The molecule has 2 unspecified atom stereocenters. The number of para-hydroxylation sites is 1. The molecule has 0 radical (unpaired) electrons. The quantitative estimate of drug-likeness (QED) is 0.782. The molecule has 0 aromatic heterocycles. The standard InChI is InChI=1S/C10H11FO3/c1-6(10(13)14)9(11)7-4-2-3-5-8(7)12/h2-6,9,12H,1H3,(H,13,14). The summed E-state index contributed by atoms with van der Waals surface area (Å²) in [5, 5.41) is 17.9. The van der Waals surface area contributed by atoms with Gasteiger partial charge in [0.25, 0.3) is 0 Å². The lowest BCUT2D eigenvalue weighted by Gasteiger charge is -2.13. The Bertz CT molecular complexity index is 338. The van der Waals surface area contributed by atoms with Crippen molar-refractivity contribution >= 4 is 5.97 Å². The molecule has 0 amide bonds. The van der Waals surface area contributed by atoms with E-state index in [0.717, 1.165) is 0 Å². The molecule has 0 spiro atoms. The van der Waals surface area contributed by atoms with Crippen LogP contribution in [0.2, 0.25) is 0 Å². The highest BCUT2D eigenvalue weighted by Crippen LogP contribution is 2.32. The Morgan fingerprint density at radius 3 is 2.50 bits per heavy atom. The second-order valence-corrected chi connectivity index (χ2v) is 3.09. The first-order chi connectivity index (χ1) is 6.54. The second-order valence-electron chi connectivity index (χ2n) is 3.09. The van der Waals surface area contributed by atoms with E-state index in [2.05, 4.69) is 0 Å². The van der Waals surface area contributed by atoms with E-state index in [-0.39, 0.29) is 11.3 Å². The van der Waals surface area contributed by atoms with Gasteiger partial charge in [0, 0.05) is 5.56 Å². The largest absolute Gasteiger partial charge is 0.508 e. The predicted molar refractivity (Wildman–Crippen MR) is 48.8 cm³/mol. The Kier molecular flexibility index (Phi) is 3.06. The number of hydrogen-bond acceptors (Lipinski definition) is 2. The zero-order chi connectivity index (χ0) is 10.7. The van der Waals surface area contributed by atoms with Gasteiger partial charge in [-0.1, -0.05) is 18.2 Å². The molecule has 0 heterocycles. The summed E-state index contributed by atoms with van der Waals surface area (Å²) >= 11 is 0. The van der Waals surface area contributed by atoms with E-state index in [0.29, 0.717) is 0 Å². The third-order valence-corrected chi connectivity index (χ3v) is 2.06. The Balaban J connectivity index is 2.94. The van der Waals surface area contributed by atoms with Crippen LogP contribution in [0.5, 0.6) is 5.75 Å². The Morgan fingerprint density at radius 1 is 1.43 bits per heavy atom. The average Bonchev–Trinajstić information content (AvgIpc) is 2.16. The SMILES string of the molecule is CC(C(=O)O)C(F)c1ccccc1O. The zero-order valence-corrected chi connectivity index (χ0v) is 7.64. The van der Waals surface area contributed by atoms with Gasteiger partial charge >= 0.3 is 5.97 Å². The lowest BCUT2D eigenvalue weighted by Crippen LogP contribution is -2.15. The number of carboxylic acids is 1. The minimum atomic E-state index is -1.69. The van der Waals surface area contributed by atoms with Crippen LogP contribution in [0.25, 0.3) is 0 Å². The van der Waals surface area contributed by atoms with Gasteiger partial charge < -0.3 is 10.2 Å². The number of carboxylic acid groups (broad SMARTS) is 1. The highest BCUT2D eigenvalue weighted by molar-refractivity contribution is 5.70. The molecule has 1 rings (SSSR count). The molecule has 0 saturated carbocycles. The topological polar surface area (TPSA) is 57.5 Å². The van der Waals surface area contributed by atoms with Crippen LogP contribution in [0.3, 0.4) is 0 Å². The highest BCUT2D eigenvalue weighted by Gasteiger charge is 2.26. The maximum Gasteiger partial charge on any atom is 0.309 e. The van der Waals surface area contributed by atoms with Crippen LogP contribution in [0.1, 0.15) is 18.7 Å². The van der Waals surface area contributed by atoms with E-state index >= 15 is 0 Å². The summed E-state index contributed by atoms with van der Waals surface area (Å²) in [4.78, 5) is 10.5. The van der Waals surface area contributed by atoms with Crippen molar-refractivity contribution < 1.29 is 19.4 Å². The summed E-state index contributed by atoms with van der Waals surface area (Å²) in [6, 6.07) is 5.81. The number of phenols is 1. The van der Waals surface area contributed by atoms with E-state index in [1.807, 2.05) is 0 Å². The van der Waals surface area contributed by atoms with Crippen LogP contribution >= 0.6 is 0 Å². The van der Waals surface area contributed by atoms with Gasteiger partial charge in [0.2, 0.25) is 0 Å². The van der Waals surface area contributed by atoms with Crippen molar-refractivity contribution in [2.45, 2.75) is 13.1 Å². The van der Waals surface area contributed by atoms with Gasteiger partial charge in [0.05, 0.1) is 5.92 Å². The van der Waals surface area contributed by atoms with Crippen LogP contribution in [-0.4, -0.2) is 16.2 Å². The van der Waals surface area contributed by atoms with Gasteiger partial charge in [0.1, 0.15) is 11.9 Å². The van der Waals surface area contributed by atoms with Crippen molar-refractivity contribution in [2.75, 3.05) is 0 Å². The molecule has 3 nitrogen and oxygen atoms in total. The number of carbonyl (C=O) groups is 1. The van der Waals surface area contributed by atoms with Gasteiger partial charge in [-0.25, -0.2) is 4.39 Å². The Hall–Kier alpha value is -1.58. The molecule has 2 N–H and O–H groups in total. The fraction of sp³-hybridized carbons (Fsp3) is 0.300. The number of phenolic OH excluding ortho intramolecular Hbond substituents is 1. The molecule has 14 heavy (non-hydrogen) atoms. The average molecular weight is 198 g/mol. The van der Waals surface area contributed by atoms with Gasteiger partial charge in [-0.15, -0.1) is 0 Å². The number of benzene rings is 1. The number of aromatic hydroxyl groups is 1. The number of alkyl halides is 1. The molecule has 76 valence electrons. The Labute approximate surface area is 80.8 Å². The molecule has 0 aliphatic rings. The molecule has 0 saturated heterocycles. The van der Waals surface area contributed by atoms with E-state index < -0.39 is 18.1 Å². The van der Waals surface area contributed by atoms with Crippen LogP contribution in [0, 0.1) is 5.92 Å². The molecule has 0 aliphatic carbocycles. The number of rotatable bonds is 3. The summed E-state index contributed by atoms with van der Waals surface area (Å²) < 4.78 is 13.5. The first kappa shape index (κ1) is 10.5. The van der Waals surface area contributed by atoms with E-state index in [1.165, 1.54) is 19.1 Å². The fourth-order valence-electron chi connectivity index (χ4n) is 1.12. The maximum atomic E-state index is 13.5. The molecule has 4 heteroatoms.